The van der Waals surface area contributed by atoms with E-state index in [1.807, 2.05) is 54.6 Å². The van der Waals surface area contributed by atoms with Crippen LogP contribution in [0.2, 0.25) is 0 Å². The van der Waals surface area contributed by atoms with Crippen molar-refractivity contribution >= 4 is 21.6 Å². The average Bonchev–Trinajstić information content (AvgIpc) is 3.36. The summed E-state index contributed by atoms with van der Waals surface area (Å²) in [7, 11) is 1.73. The molecule has 4 rings (SSSR count). The van der Waals surface area contributed by atoms with Crippen LogP contribution in [-0.4, -0.2) is 36.1 Å². The maximum atomic E-state index is 5.63. The summed E-state index contributed by atoms with van der Waals surface area (Å²) >= 11 is 3.39. The summed E-state index contributed by atoms with van der Waals surface area (Å²) < 4.78 is 8.13. The highest BCUT2D eigenvalue weighted by Gasteiger charge is 2.15. The van der Waals surface area contributed by atoms with E-state index < -0.39 is 0 Å². The Labute approximate surface area is 168 Å². The maximum absolute atomic E-state index is 5.63. The van der Waals surface area contributed by atoms with Crippen LogP contribution in [-0.2, 0) is 18.5 Å². The number of oxime groups is 1. The molecule has 0 aliphatic rings. The highest BCUT2D eigenvalue weighted by molar-refractivity contribution is 9.10. The van der Waals surface area contributed by atoms with Crippen LogP contribution in [0.25, 0.3) is 11.5 Å². The lowest BCUT2D eigenvalue weighted by Crippen LogP contribution is -2.12. The molecule has 140 valence electrons. The zero-order chi connectivity index (χ0) is 19.3. The van der Waals surface area contributed by atoms with Gasteiger partial charge in [-0.15, -0.1) is 15.3 Å². The zero-order valence-electron chi connectivity index (χ0n) is 14.7. The third kappa shape index (κ3) is 3.96. The van der Waals surface area contributed by atoms with Gasteiger partial charge in [0.25, 0.3) is 5.89 Å². The summed E-state index contributed by atoms with van der Waals surface area (Å²) in [5.41, 5.74) is 2.14. The monoisotopic (exact) mass is 439 g/mol. The third-order valence-electron chi connectivity index (χ3n) is 3.78. The second-order valence-electron chi connectivity index (χ2n) is 5.71. The summed E-state index contributed by atoms with van der Waals surface area (Å²) in [4.78, 5) is 5.46. The first-order valence-corrected chi connectivity index (χ1v) is 9.06. The van der Waals surface area contributed by atoms with Crippen molar-refractivity contribution < 1.29 is 9.25 Å². The Morgan fingerprint density at radius 1 is 1.07 bits per heavy atom. The largest absolute Gasteiger partial charge is 0.417 e. The van der Waals surface area contributed by atoms with E-state index in [1.165, 1.54) is 4.68 Å². The van der Waals surface area contributed by atoms with Crippen LogP contribution >= 0.6 is 15.9 Å². The Morgan fingerprint density at radius 3 is 2.57 bits per heavy atom. The van der Waals surface area contributed by atoms with Crippen molar-refractivity contribution in [3.63, 3.8) is 0 Å². The molecule has 0 unspecified atom stereocenters. The van der Waals surface area contributed by atoms with E-state index in [-0.39, 0.29) is 6.61 Å². The van der Waals surface area contributed by atoms with E-state index in [2.05, 4.69) is 46.8 Å². The number of nitrogens with zero attached hydrogens (tertiary/aromatic N) is 7. The number of hydrogen-bond donors (Lipinski definition) is 0. The maximum Gasteiger partial charge on any atom is 0.257 e. The van der Waals surface area contributed by atoms with Crippen LogP contribution in [0.4, 0.5) is 0 Å². The van der Waals surface area contributed by atoms with Gasteiger partial charge in [0.05, 0.1) is 0 Å². The molecule has 10 heteroatoms. The molecular weight excluding hydrogens is 426 g/mol. The minimum absolute atomic E-state index is 0.0190. The van der Waals surface area contributed by atoms with Gasteiger partial charge in [-0.1, -0.05) is 51.4 Å². The number of halogens is 1. The number of tetrazole rings is 1. The van der Waals surface area contributed by atoms with Gasteiger partial charge in [0.15, 0.2) is 12.3 Å². The minimum Gasteiger partial charge on any atom is -0.417 e. The lowest BCUT2D eigenvalue weighted by atomic mass is 10.1. The van der Waals surface area contributed by atoms with Crippen molar-refractivity contribution in [2.75, 3.05) is 0 Å². The predicted octanol–water partition coefficient (Wildman–Crippen LogP) is 2.99. The molecule has 0 N–H and O–H groups in total. The van der Waals surface area contributed by atoms with Crippen LogP contribution in [0, 0.1) is 0 Å². The SMILES string of the molecule is Cn1nnnc1/C(=N\OCc1nnc(-c2ccc(Br)cc2)o1)c1ccccc1. The molecule has 0 atom stereocenters. The molecule has 0 amide bonds. The molecule has 2 aromatic heterocycles. The van der Waals surface area contributed by atoms with Gasteiger partial charge in [0.2, 0.25) is 11.7 Å². The van der Waals surface area contributed by atoms with Gasteiger partial charge in [0.1, 0.15) is 0 Å². The van der Waals surface area contributed by atoms with E-state index >= 15 is 0 Å². The lowest BCUT2D eigenvalue weighted by Gasteiger charge is -2.04. The van der Waals surface area contributed by atoms with Gasteiger partial charge in [-0.2, -0.15) is 0 Å². The molecule has 9 nitrogen and oxygen atoms in total. The Kier molecular flexibility index (Phi) is 5.20. The molecule has 0 saturated heterocycles. The Balaban J connectivity index is 1.52. The Bertz CT molecular complexity index is 1090. The molecule has 0 bridgehead atoms. The zero-order valence-corrected chi connectivity index (χ0v) is 16.3. The number of aromatic nitrogens is 6. The Morgan fingerprint density at radius 2 is 1.86 bits per heavy atom. The lowest BCUT2D eigenvalue weighted by molar-refractivity contribution is 0.111. The Hall–Kier alpha value is -3.40. The quantitative estimate of drug-likeness (QED) is 0.335. The summed E-state index contributed by atoms with van der Waals surface area (Å²) in [6, 6.07) is 17.1. The highest BCUT2D eigenvalue weighted by Crippen LogP contribution is 2.20. The molecule has 4 aromatic rings. The van der Waals surface area contributed by atoms with E-state index in [0.717, 1.165) is 15.6 Å². The fraction of sp³-hybridized carbons (Fsp3) is 0.111. The second-order valence-corrected chi connectivity index (χ2v) is 6.63. The molecule has 2 heterocycles. The smallest absolute Gasteiger partial charge is 0.257 e. The molecule has 2 aromatic carbocycles. The summed E-state index contributed by atoms with van der Waals surface area (Å²) in [6.07, 6.45) is 0. The van der Waals surface area contributed by atoms with Crippen LogP contribution < -0.4 is 0 Å². The summed E-state index contributed by atoms with van der Waals surface area (Å²) in [5, 5.41) is 23.8. The second kappa shape index (κ2) is 8.09. The normalized spacial score (nSPS) is 11.6. The van der Waals surface area contributed by atoms with Crippen molar-refractivity contribution in [1.82, 2.24) is 30.4 Å². The fourth-order valence-corrected chi connectivity index (χ4v) is 2.69. The van der Waals surface area contributed by atoms with Gasteiger partial charge in [0, 0.05) is 22.6 Å². The number of rotatable bonds is 6. The van der Waals surface area contributed by atoms with Crippen LogP contribution in [0.5, 0.6) is 0 Å². The van der Waals surface area contributed by atoms with Crippen molar-refractivity contribution in [2.24, 2.45) is 12.2 Å². The van der Waals surface area contributed by atoms with Gasteiger partial charge >= 0.3 is 0 Å². The van der Waals surface area contributed by atoms with Gasteiger partial charge < -0.3 is 9.25 Å². The van der Waals surface area contributed by atoms with E-state index in [4.69, 9.17) is 9.25 Å². The van der Waals surface area contributed by atoms with E-state index in [9.17, 15) is 0 Å². The van der Waals surface area contributed by atoms with Gasteiger partial charge in [-0.05, 0) is 34.7 Å². The van der Waals surface area contributed by atoms with Crippen LogP contribution in [0.3, 0.4) is 0 Å². The first-order valence-electron chi connectivity index (χ1n) is 8.27. The number of hydrogen-bond acceptors (Lipinski definition) is 8. The van der Waals surface area contributed by atoms with Gasteiger partial charge in [-0.25, -0.2) is 4.68 Å². The fourth-order valence-electron chi connectivity index (χ4n) is 2.42. The predicted molar refractivity (Wildman–Crippen MR) is 103 cm³/mol. The van der Waals surface area contributed by atoms with Crippen molar-refractivity contribution in [3.8, 4) is 11.5 Å². The van der Waals surface area contributed by atoms with Crippen molar-refractivity contribution in [1.29, 1.82) is 0 Å². The molecule has 0 saturated carbocycles. The van der Waals surface area contributed by atoms with E-state index in [0.29, 0.717) is 23.3 Å². The average molecular weight is 440 g/mol. The molecule has 28 heavy (non-hydrogen) atoms. The summed E-state index contributed by atoms with van der Waals surface area (Å²) in [6.45, 7) is 0.0190. The third-order valence-corrected chi connectivity index (χ3v) is 4.31. The summed E-state index contributed by atoms with van der Waals surface area (Å²) in [5.74, 6) is 1.20. The molecule has 0 spiro atoms. The van der Waals surface area contributed by atoms with E-state index in [1.54, 1.807) is 7.05 Å². The minimum atomic E-state index is 0.0190. The molecule has 0 aliphatic heterocycles. The molecule has 0 aliphatic carbocycles. The molecule has 0 fully saturated rings. The van der Waals surface area contributed by atoms with Crippen molar-refractivity contribution in [3.05, 3.63) is 76.3 Å². The molecule has 0 radical (unpaired) electrons. The van der Waals surface area contributed by atoms with Crippen LogP contribution in [0.15, 0.2) is 68.6 Å². The standard InChI is InChI=1S/C18H14BrN7O2/c1-26-17(21-24-25-26)16(12-5-3-2-4-6-12)23-27-11-15-20-22-18(28-15)13-7-9-14(19)10-8-13/h2-10H,11H2,1H3/b23-16-. The first kappa shape index (κ1) is 18.0. The number of benzene rings is 2. The highest BCUT2D eigenvalue weighted by atomic mass is 79.9. The van der Waals surface area contributed by atoms with Gasteiger partial charge in [-0.3, -0.25) is 0 Å². The van der Waals surface area contributed by atoms with Crippen molar-refractivity contribution in [2.45, 2.75) is 6.61 Å². The molecular formula is C18H14BrN7O2. The topological polar surface area (TPSA) is 104 Å². The first-order chi connectivity index (χ1) is 13.7. The van der Waals surface area contributed by atoms with Crippen LogP contribution in [0.1, 0.15) is 17.3 Å². The number of aryl methyl sites for hydroxylation is 1.